The molecule has 5 rings (SSSR count). The molecule has 202 valence electrons. The standard InChI is InChI=1S/C30H30F2N4O2S/c31-23-9-2-1-8-22(23)20-28-30(38)36(26-12-5-6-13-27(26)39-28)21-29(37)33-14-7-15-34-16-18-35(19-17-34)25-11-4-3-10-24(25)32/h1-6,8-13,20H,7,14-19,21H2,(H,33,37). The summed E-state index contributed by atoms with van der Waals surface area (Å²) in [6.07, 6.45) is 2.30. The van der Waals surface area contributed by atoms with E-state index >= 15 is 0 Å². The van der Waals surface area contributed by atoms with Gasteiger partial charge in [0.15, 0.2) is 0 Å². The molecule has 1 saturated heterocycles. The van der Waals surface area contributed by atoms with Crippen molar-refractivity contribution in [1.29, 1.82) is 0 Å². The molecule has 3 aromatic carbocycles. The summed E-state index contributed by atoms with van der Waals surface area (Å²) in [6.45, 7) is 4.36. The molecule has 2 amide bonds. The van der Waals surface area contributed by atoms with Gasteiger partial charge in [-0.05, 0) is 49.4 Å². The first-order valence-corrected chi connectivity index (χ1v) is 13.8. The number of benzene rings is 3. The molecule has 3 aromatic rings. The van der Waals surface area contributed by atoms with Crippen LogP contribution in [0.1, 0.15) is 12.0 Å². The Hall–Kier alpha value is -3.69. The second kappa shape index (κ2) is 12.4. The maximum absolute atomic E-state index is 14.2. The lowest BCUT2D eigenvalue weighted by atomic mass is 10.2. The van der Waals surface area contributed by atoms with Crippen LogP contribution in [0, 0.1) is 11.6 Å². The Morgan fingerprint density at radius 2 is 1.54 bits per heavy atom. The Balaban J connectivity index is 1.13. The normalized spacial score (nSPS) is 16.9. The van der Waals surface area contributed by atoms with Crippen LogP contribution in [0.4, 0.5) is 20.2 Å². The van der Waals surface area contributed by atoms with E-state index in [0.29, 0.717) is 28.4 Å². The number of fused-ring (bicyclic) bond motifs is 1. The largest absolute Gasteiger partial charge is 0.367 e. The molecule has 2 aliphatic heterocycles. The van der Waals surface area contributed by atoms with Crippen molar-refractivity contribution in [1.82, 2.24) is 10.2 Å². The summed E-state index contributed by atoms with van der Waals surface area (Å²) in [5, 5.41) is 2.93. The van der Waals surface area contributed by atoms with Gasteiger partial charge in [-0.2, -0.15) is 0 Å². The van der Waals surface area contributed by atoms with Crippen molar-refractivity contribution < 1.29 is 18.4 Å². The van der Waals surface area contributed by atoms with Gasteiger partial charge in [0.25, 0.3) is 5.91 Å². The number of hydrogen-bond acceptors (Lipinski definition) is 5. The van der Waals surface area contributed by atoms with Crippen LogP contribution in [-0.4, -0.2) is 62.5 Å². The van der Waals surface area contributed by atoms with E-state index in [1.54, 1.807) is 24.3 Å². The fourth-order valence-electron chi connectivity index (χ4n) is 4.80. The minimum absolute atomic E-state index is 0.119. The SMILES string of the molecule is O=C(CN1C(=O)C(=Cc2ccccc2F)Sc2ccccc21)NCCCN1CCN(c2ccccc2F)CC1. The Kier molecular flexibility index (Phi) is 8.58. The average Bonchev–Trinajstić information content (AvgIpc) is 2.95. The first-order valence-electron chi connectivity index (χ1n) is 13.0. The van der Waals surface area contributed by atoms with E-state index in [-0.39, 0.29) is 24.2 Å². The Morgan fingerprint density at radius 3 is 2.28 bits per heavy atom. The van der Waals surface area contributed by atoms with E-state index in [4.69, 9.17) is 0 Å². The molecule has 0 atom stereocenters. The molecular formula is C30H30F2N4O2S. The lowest BCUT2D eigenvalue weighted by molar-refractivity contribution is -0.122. The summed E-state index contributed by atoms with van der Waals surface area (Å²) in [6, 6.07) is 20.5. The van der Waals surface area contributed by atoms with E-state index < -0.39 is 5.82 Å². The highest BCUT2D eigenvalue weighted by Crippen LogP contribution is 2.42. The third-order valence-corrected chi connectivity index (χ3v) is 7.94. The van der Waals surface area contributed by atoms with Crippen LogP contribution in [0.2, 0.25) is 0 Å². The number of carbonyl (C=O) groups excluding carboxylic acids is 2. The lowest BCUT2D eigenvalue weighted by Gasteiger charge is -2.36. The van der Waals surface area contributed by atoms with E-state index in [0.717, 1.165) is 44.0 Å². The fraction of sp³-hybridized carbons (Fsp3) is 0.267. The second-order valence-corrected chi connectivity index (χ2v) is 10.6. The van der Waals surface area contributed by atoms with Crippen LogP contribution in [0.5, 0.6) is 0 Å². The van der Waals surface area contributed by atoms with Gasteiger partial charge in [-0.1, -0.05) is 54.2 Å². The quantitative estimate of drug-likeness (QED) is 0.325. The van der Waals surface area contributed by atoms with Gasteiger partial charge in [-0.3, -0.25) is 19.4 Å². The number of halogens is 2. The van der Waals surface area contributed by atoms with Crippen molar-refractivity contribution >= 4 is 41.0 Å². The number of para-hydroxylation sites is 2. The number of nitrogens with one attached hydrogen (secondary N) is 1. The van der Waals surface area contributed by atoms with E-state index in [9.17, 15) is 18.4 Å². The van der Waals surface area contributed by atoms with Crippen molar-refractivity contribution in [3.8, 4) is 0 Å². The zero-order valence-corrected chi connectivity index (χ0v) is 22.3. The van der Waals surface area contributed by atoms with Crippen molar-refractivity contribution in [2.45, 2.75) is 11.3 Å². The zero-order chi connectivity index (χ0) is 27.2. The predicted octanol–water partition coefficient (Wildman–Crippen LogP) is 4.77. The number of rotatable bonds is 8. The van der Waals surface area contributed by atoms with Crippen LogP contribution in [0.25, 0.3) is 6.08 Å². The molecule has 0 saturated carbocycles. The summed E-state index contributed by atoms with van der Waals surface area (Å²) in [7, 11) is 0. The molecule has 2 heterocycles. The molecule has 0 radical (unpaired) electrons. The van der Waals surface area contributed by atoms with Gasteiger partial charge in [0.2, 0.25) is 5.91 Å². The monoisotopic (exact) mass is 548 g/mol. The molecular weight excluding hydrogens is 518 g/mol. The second-order valence-electron chi connectivity index (χ2n) is 9.47. The molecule has 0 spiro atoms. The van der Waals surface area contributed by atoms with Crippen LogP contribution in [0.3, 0.4) is 0 Å². The highest BCUT2D eigenvalue weighted by molar-refractivity contribution is 8.04. The Labute approximate surface area is 231 Å². The summed E-state index contributed by atoms with van der Waals surface area (Å²) >= 11 is 1.28. The molecule has 39 heavy (non-hydrogen) atoms. The number of amides is 2. The predicted molar refractivity (Wildman–Crippen MR) is 152 cm³/mol. The van der Waals surface area contributed by atoms with Crippen molar-refractivity contribution in [2.24, 2.45) is 0 Å². The topological polar surface area (TPSA) is 55.9 Å². The zero-order valence-electron chi connectivity index (χ0n) is 21.5. The summed E-state index contributed by atoms with van der Waals surface area (Å²) in [4.78, 5) is 33.2. The molecule has 1 N–H and O–H groups in total. The van der Waals surface area contributed by atoms with E-state index in [1.807, 2.05) is 36.4 Å². The Bertz CT molecular complexity index is 1370. The van der Waals surface area contributed by atoms with Gasteiger partial charge in [-0.25, -0.2) is 8.78 Å². The average molecular weight is 549 g/mol. The molecule has 0 bridgehead atoms. The van der Waals surface area contributed by atoms with Gasteiger partial charge >= 0.3 is 0 Å². The van der Waals surface area contributed by atoms with E-state index in [2.05, 4.69) is 15.1 Å². The maximum atomic E-state index is 14.2. The van der Waals surface area contributed by atoms with Crippen molar-refractivity contribution in [2.75, 3.05) is 55.6 Å². The van der Waals surface area contributed by atoms with Crippen LogP contribution < -0.4 is 15.1 Å². The molecule has 0 aliphatic carbocycles. The van der Waals surface area contributed by atoms with Crippen molar-refractivity contribution in [3.63, 3.8) is 0 Å². The first-order chi connectivity index (χ1) is 19.0. The van der Waals surface area contributed by atoms with Crippen molar-refractivity contribution in [3.05, 3.63) is 94.9 Å². The molecule has 0 unspecified atom stereocenters. The highest BCUT2D eigenvalue weighted by Gasteiger charge is 2.30. The van der Waals surface area contributed by atoms with Gasteiger partial charge in [0, 0.05) is 43.2 Å². The van der Waals surface area contributed by atoms with Crippen LogP contribution in [-0.2, 0) is 9.59 Å². The minimum Gasteiger partial charge on any atom is -0.367 e. The maximum Gasteiger partial charge on any atom is 0.265 e. The Morgan fingerprint density at radius 1 is 0.872 bits per heavy atom. The van der Waals surface area contributed by atoms with Gasteiger partial charge in [0.05, 0.1) is 16.3 Å². The number of hydrogen-bond donors (Lipinski definition) is 1. The third-order valence-electron chi connectivity index (χ3n) is 6.86. The number of thioether (sulfide) groups is 1. The van der Waals surface area contributed by atoms with Gasteiger partial charge in [0.1, 0.15) is 18.2 Å². The van der Waals surface area contributed by atoms with Crippen LogP contribution in [0.15, 0.2) is 82.6 Å². The number of carbonyl (C=O) groups is 2. The summed E-state index contributed by atoms with van der Waals surface area (Å²) in [5.74, 6) is -1.18. The van der Waals surface area contributed by atoms with Gasteiger partial charge in [-0.15, -0.1) is 0 Å². The molecule has 2 aliphatic rings. The smallest absolute Gasteiger partial charge is 0.265 e. The fourth-order valence-corrected chi connectivity index (χ4v) is 5.85. The number of anilines is 2. The summed E-state index contributed by atoms with van der Waals surface area (Å²) in [5.41, 5.74) is 1.64. The number of nitrogens with zero attached hydrogens (tertiary/aromatic N) is 3. The minimum atomic E-state index is -0.407. The highest BCUT2D eigenvalue weighted by atomic mass is 32.2. The first kappa shape index (κ1) is 26.9. The molecule has 6 nitrogen and oxygen atoms in total. The van der Waals surface area contributed by atoms with Crippen LogP contribution >= 0.6 is 11.8 Å². The molecule has 0 aromatic heterocycles. The molecule has 1 fully saturated rings. The lowest BCUT2D eigenvalue weighted by Crippen LogP contribution is -2.47. The van der Waals surface area contributed by atoms with E-state index in [1.165, 1.54) is 34.9 Å². The number of piperazine rings is 1. The molecule has 9 heteroatoms. The summed E-state index contributed by atoms with van der Waals surface area (Å²) < 4.78 is 28.3. The third kappa shape index (κ3) is 6.49. The van der Waals surface area contributed by atoms with Gasteiger partial charge < -0.3 is 10.2 Å².